The number of nitrogens with zero attached hydrogens (tertiary/aromatic N) is 4. The number of nitro groups is 1. The maximum Gasteiger partial charge on any atom is 0.362 e. The van der Waals surface area contributed by atoms with E-state index < -0.39 is 10.9 Å². The van der Waals surface area contributed by atoms with Crippen molar-refractivity contribution < 1.29 is 24.0 Å². The number of benzene rings is 1. The van der Waals surface area contributed by atoms with Crippen molar-refractivity contribution in [3.05, 3.63) is 71.6 Å². The van der Waals surface area contributed by atoms with Gasteiger partial charge in [0, 0.05) is 25.2 Å². The van der Waals surface area contributed by atoms with Gasteiger partial charge in [-0.2, -0.15) is 5.10 Å². The molecule has 0 atom stereocenters. The summed E-state index contributed by atoms with van der Waals surface area (Å²) in [7, 11) is 0. The molecule has 0 saturated heterocycles. The molecule has 2 rings (SSSR count). The van der Waals surface area contributed by atoms with Gasteiger partial charge in [-0.15, -0.1) is 13.2 Å². The summed E-state index contributed by atoms with van der Waals surface area (Å²) in [6, 6.07) is 5.58. The number of nitro benzene ring substituents is 1. The number of carbonyl (C=O) groups excluding carboxylic acids is 2. The highest BCUT2D eigenvalue weighted by Crippen LogP contribution is 2.22. The van der Waals surface area contributed by atoms with Crippen LogP contribution in [0.3, 0.4) is 0 Å². The lowest BCUT2D eigenvalue weighted by Crippen LogP contribution is -2.35. The molecule has 0 aliphatic carbocycles. The van der Waals surface area contributed by atoms with E-state index in [2.05, 4.69) is 18.3 Å². The first-order chi connectivity index (χ1) is 14.4. The normalized spacial score (nSPS) is 10.2. The Labute approximate surface area is 173 Å². The van der Waals surface area contributed by atoms with Gasteiger partial charge in [0.25, 0.3) is 11.6 Å². The Balaban J connectivity index is 2.27. The molecule has 0 radical (unpaired) electrons. The average molecular weight is 414 g/mol. The third-order valence-corrected chi connectivity index (χ3v) is 3.88. The van der Waals surface area contributed by atoms with Crippen LogP contribution in [-0.4, -0.2) is 57.8 Å². The summed E-state index contributed by atoms with van der Waals surface area (Å²) in [4.78, 5) is 36.4. The highest BCUT2D eigenvalue weighted by Gasteiger charge is 2.22. The van der Waals surface area contributed by atoms with Gasteiger partial charge < -0.3 is 14.4 Å². The Morgan fingerprint density at radius 3 is 2.40 bits per heavy atom. The number of esters is 1. The van der Waals surface area contributed by atoms with E-state index in [1.165, 1.54) is 40.0 Å². The first kappa shape index (κ1) is 22.3. The molecule has 1 amide bonds. The average Bonchev–Trinajstić information content (AvgIpc) is 3.16. The molecule has 0 spiro atoms. The van der Waals surface area contributed by atoms with Gasteiger partial charge >= 0.3 is 5.97 Å². The minimum Gasteiger partial charge on any atom is -0.480 e. The van der Waals surface area contributed by atoms with E-state index in [-0.39, 0.29) is 36.3 Å². The lowest BCUT2D eigenvalue weighted by atomic mass is 10.3. The number of hydrogen-bond donors (Lipinski definition) is 0. The van der Waals surface area contributed by atoms with Crippen molar-refractivity contribution in [1.29, 1.82) is 0 Å². The Bertz CT molecular complexity index is 925. The zero-order chi connectivity index (χ0) is 22.1. The smallest absolute Gasteiger partial charge is 0.362 e. The number of aromatic nitrogens is 2. The van der Waals surface area contributed by atoms with Gasteiger partial charge in [0.05, 0.1) is 23.4 Å². The van der Waals surface area contributed by atoms with E-state index in [4.69, 9.17) is 9.47 Å². The van der Waals surface area contributed by atoms with E-state index in [9.17, 15) is 19.7 Å². The van der Waals surface area contributed by atoms with E-state index in [1.54, 1.807) is 19.1 Å². The minimum absolute atomic E-state index is 0.0531. The Kier molecular flexibility index (Phi) is 7.86. The van der Waals surface area contributed by atoms with Crippen molar-refractivity contribution >= 4 is 17.6 Å². The second-order valence-electron chi connectivity index (χ2n) is 5.95. The third kappa shape index (κ3) is 5.53. The summed E-state index contributed by atoms with van der Waals surface area (Å²) in [6.45, 7) is 9.31. The van der Waals surface area contributed by atoms with E-state index in [0.717, 1.165) is 0 Å². The number of carbonyl (C=O) groups is 2. The minimum atomic E-state index is -0.713. The topological polar surface area (TPSA) is 117 Å². The van der Waals surface area contributed by atoms with Gasteiger partial charge in [-0.1, -0.05) is 12.2 Å². The molecule has 1 aromatic carbocycles. The molecule has 1 heterocycles. The Hall–Kier alpha value is -3.95. The summed E-state index contributed by atoms with van der Waals surface area (Å²) in [5.74, 6) is -0.986. The van der Waals surface area contributed by atoms with Crippen LogP contribution in [0.5, 0.6) is 5.75 Å². The van der Waals surface area contributed by atoms with Crippen LogP contribution >= 0.6 is 0 Å². The fourth-order valence-corrected chi connectivity index (χ4v) is 2.48. The van der Waals surface area contributed by atoms with Crippen molar-refractivity contribution in [2.75, 3.05) is 26.3 Å². The zero-order valence-corrected chi connectivity index (χ0v) is 16.5. The van der Waals surface area contributed by atoms with Crippen LogP contribution in [0, 0.1) is 10.1 Å². The summed E-state index contributed by atoms with van der Waals surface area (Å²) in [6.07, 6.45) is 4.57. The van der Waals surface area contributed by atoms with Crippen molar-refractivity contribution in [2.24, 2.45) is 0 Å². The fraction of sp³-hybridized carbons (Fsp3) is 0.250. The first-order valence-corrected chi connectivity index (χ1v) is 9.05. The van der Waals surface area contributed by atoms with Crippen molar-refractivity contribution in [3.8, 4) is 11.4 Å². The highest BCUT2D eigenvalue weighted by atomic mass is 16.6. The molecule has 0 bridgehead atoms. The largest absolute Gasteiger partial charge is 0.480 e. The quantitative estimate of drug-likeness (QED) is 0.240. The molecule has 0 saturated carbocycles. The summed E-state index contributed by atoms with van der Waals surface area (Å²) in [5.41, 5.74) is 0.275. The van der Waals surface area contributed by atoms with Crippen LogP contribution in [0.15, 0.2) is 55.8 Å². The van der Waals surface area contributed by atoms with Crippen molar-refractivity contribution in [2.45, 2.75) is 6.92 Å². The molecule has 30 heavy (non-hydrogen) atoms. The fourth-order valence-electron chi connectivity index (χ4n) is 2.48. The maximum absolute atomic E-state index is 12.4. The SMILES string of the molecule is C=CCN(CC=C)C(=O)COc1cn(-c2ccc([N+](=O)[O-])cc2)nc1C(=O)OCC. The van der Waals surface area contributed by atoms with Crippen LogP contribution in [-0.2, 0) is 9.53 Å². The molecule has 0 aliphatic heterocycles. The molecule has 158 valence electrons. The molecular formula is C20H22N4O6. The lowest BCUT2D eigenvalue weighted by Gasteiger charge is -2.19. The molecule has 10 heteroatoms. The van der Waals surface area contributed by atoms with Crippen LogP contribution in [0.25, 0.3) is 5.69 Å². The number of rotatable bonds is 11. The van der Waals surface area contributed by atoms with Crippen molar-refractivity contribution in [3.63, 3.8) is 0 Å². The molecule has 0 fully saturated rings. The monoisotopic (exact) mass is 414 g/mol. The predicted molar refractivity (Wildman–Crippen MR) is 109 cm³/mol. The zero-order valence-electron chi connectivity index (χ0n) is 16.5. The van der Waals surface area contributed by atoms with Gasteiger partial charge in [0.15, 0.2) is 12.4 Å². The molecule has 0 unspecified atom stereocenters. The Morgan fingerprint density at radius 2 is 1.87 bits per heavy atom. The van der Waals surface area contributed by atoms with E-state index >= 15 is 0 Å². The molecule has 10 nitrogen and oxygen atoms in total. The first-order valence-electron chi connectivity index (χ1n) is 9.05. The van der Waals surface area contributed by atoms with Gasteiger partial charge in [-0.25, -0.2) is 9.48 Å². The van der Waals surface area contributed by atoms with Gasteiger partial charge in [0.1, 0.15) is 0 Å². The summed E-state index contributed by atoms with van der Waals surface area (Å²) >= 11 is 0. The maximum atomic E-state index is 12.4. The molecular weight excluding hydrogens is 392 g/mol. The second kappa shape index (κ2) is 10.6. The number of non-ortho nitro benzene ring substituents is 1. The molecule has 0 aliphatic rings. The van der Waals surface area contributed by atoms with Crippen molar-refractivity contribution in [1.82, 2.24) is 14.7 Å². The predicted octanol–water partition coefficient (Wildman–Crippen LogP) is 2.54. The molecule has 0 N–H and O–H groups in total. The third-order valence-electron chi connectivity index (χ3n) is 3.88. The molecule has 2 aromatic rings. The highest BCUT2D eigenvalue weighted by molar-refractivity contribution is 5.90. The van der Waals surface area contributed by atoms with Gasteiger partial charge in [0.2, 0.25) is 5.69 Å². The van der Waals surface area contributed by atoms with Crippen LogP contribution in [0.4, 0.5) is 5.69 Å². The van der Waals surface area contributed by atoms with E-state index in [1.807, 2.05) is 0 Å². The van der Waals surface area contributed by atoms with E-state index in [0.29, 0.717) is 18.8 Å². The standard InChI is InChI=1S/C20H22N4O6/c1-4-11-22(12-5-2)18(25)14-30-17-13-23(21-19(17)20(26)29-6-3)15-7-9-16(10-8-15)24(27)28/h4-5,7-10,13H,1-2,6,11-12,14H2,3H3. The lowest BCUT2D eigenvalue weighted by molar-refractivity contribution is -0.384. The van der Waals surface area contributed by atoms with Gasteiger partial charge in [-0.05, 0) is 19.1 Å². The molecule has 1 aromatic heterocycles. The Morgan fingerprint density at radius 1 is 1.23 bits per heavy atom. The second-order valence-corrected chi connectivity index (χ2v) is 5.95. The van der Waals surface area contributed by atoms with Crippen LogP contribution < -0.4 is 4.74 Å². The number of ether oxygens (including phenoxy) is 2. The number of amides is 1. The van der Waals surface area contributed by atoms with Crippen LogP contribution in [0.2, 0.25) is 0 Å². The van der Waals surface area contributed by atoms with Gasteiger partial charge in [-0.3, -0.25) is 14.9 Å². The number of hydrogen-bond acceptors (Lipinski definition) is 7. The summed E-state index contributed by atoms with van der Waals surface area (Å²) in [5, 5.41) is 15.0. The summed E-state index contributed by atoms with van der Waals surface area (Å²) < 4.78 is 11.9. The van der Waals surface area contributed by atoms with Crippen LogP contribution in [0.1, 0.15) is 17.4 Å².